The molecular weight excluding hydrogens is 126 g/mol. The van der Waals surface area contributed by atoms with E-state index < -0.39 is 0 Å². The van der Waals surface area contributed by atoms with Crippen molar-refractivity contribution < 1.29 is 5.11 Å². The molecule has 2 aliphatic heterocycles. The average molecular weight is 141 g/mol. The van der Waals surface area contributed by atoms with E-state index in [9.17, 15) is 5.11 Å². The number of hydrogen-bond acceptors (Lipinski definition) is 2. The zero-order valence-electron chi connectivity index (χ0n) is 6.45. The van der Waals surface area contributed by atoms with Crippen molar-refractivity contribution in [3.63, 3.8) is 0 Å². The summed E-state index contributed by atoms with van der Waals surface area (Å²) in [5.74, 6) is 0.579. The van der Waals surface area contributed by atoms with Crippen LogP contribution in [0.25, 0.3) is 0 Å². The van der Waals surface area contributed by atoms with Gasteiger partial charge in [0.25, 0.3) is 0 Å². The molecule has 2 heterocycles. The fourth-order valence-electron chi connectivity index (χ4n) is 2.36. The molecular formula is C8H15NO. The van der Waals surface area contributed by atoms with Gasteiger partial charge in [-0.05, 0) is 38.6 Å². The number of rotatable bonds is 0. The lowest BCUT2D eigenvalue weighted by atomic mass is 9.79. The summed E-state index contributed by atoms with van der Waals surface area (Å²) in [6.07, 6.45) is 4.97. The second-order valence-electron chi connectivity index (χ2n) is 3.65. The molecule has 1 atom stereocenters. The minimum atomic E-state index is -0.132. The predicted octanol–water partition coefficient (Wildman–Crippen LogP) is 0.809. The Labute approximate surface area is 61.8 Å². The van der Waals surface area contributed by atoms with Gasteiger partial charge >= 0.3 is 0 Å². The number of nitrogens with zero attached hydrogens (tertiary/aromatic N) is 1. The average Bonchev–Trinajstić information content (AvgIpc) is 2.00. The molecule has 1 aliphatic carbocycles. The summed E-state index contributed by atoms with van der Waals surface area (Å²) in [4.78, 5) is 2.14. The van der Waals surface area contributed by atoms with E-state index in [1.807, 2.05) is 7.05 Å². The first-order chi connectivity index (χ1) is 4.79. The van der Waals surface area contributed by atoms with Gasteiger partial charge < -0.3 is 5.11 Å². The van der Waals surface area contributed by atoms with E-state index in [4.69, 9.17) is 0 Å². The first-order valence-electron chi connectivity index (χ1n) is 4.19. The first-order valence-corrected chi connectivity index (χ1v) is 4.19. The molecule has 3 fully saturated rings. The summed E-state index contributed by atoms with van der Waals surface area (Å²) in [7, 11) is 2.04. The highest BCUT2D eigenvalue weighted by Gasteiger charge is 2.38. The fourth-order valence-corrected chi connectivity index (χ4v) is 2.36. The molecule has 58 valence electrons. The quantitative estimate of drug-likeness (QED) is 0.539. The molecule has 0 radical (unpaired) electrons. The largest absolute Gasteiger partial charge is 0.378 e. The van der Waals surface area contributed by atoms with Crippen LogP contribution in [0.2, 0.25) is 0 Å². The molecule has 0 aromatic rings. The second-order valence-corrected chi connectivity index (χ2v) is 3.65. The lowest BCUT2D eigenvalue weighted by Crippen LogP contribution is -2.52. The summed E-state index contributed by atoms with van der Waals surface area (Å²) in [6.45, 7) is 0. The summed E-state index contributed by atoms with van der Waals surface area (Å²) in [6, 6.07) is 0.681. The third-order valence-electron chi connectivity index (χ3n) is 3.16. The van der Waals surface area contributed by atoms with Crippen LogP contribution in [0, 0.1) is 5.92 Å². The van der Waals surface area contributed by atoms with Crippen LogP contribution in [0.4, 0.5) is 0 Å². The highest BCUT2D eigenvalue weighted by Crippen LogP contribution is 2.37. The van der Waals surface area contributed by atoms with E-state index in [0.29, 0.717) is 12.0 Å². The maximum atomic E-state index is 9.59. The van der Waals surface area contributed by atoms with Gasteiger partial charge in [-0.2, -0.15) is 0 Å². The van der Waals surface area contributed by atoms with Crippen LogP contribution in [0.3, 0.4) is 0 Å². The summed E-state index contributed by atoms with van der Waals surface area (Å²) in [5, 5.41) is 9.59. The molecule has 3 rings (SSSR count). The zero-order chi connectivity index (χ0) is 7.14. The Kier molecular flexibility index (Phi) is 1.46. The van der Waals surface area contributed by atoms with Gasteiger partial charge in [0.05, 0.1) is 0 Å². The van der Waals surface area contributed by atoms with E-state index in [1.54, 1.807) is 0 Å². The van der Waals surface area contributed by atoms with Crippen molar-refractivity contribution in [2.75, 3.05) is 7.05 Å². The van der Waals surface area contributed by atoms with Gasteiger partial charge in [0, 0.05) is 6.04 Å². The lowest BCUT2D eigenvalue weighted by molar-refractivity contribution is -0.113. The van der Waals surface area contributed by atoms with E-state index >= 15 is 0 Å². The highest BCUT2D eigenvalue weighted by atomic mass is 16.3. The van der Waals surface area contributed by atoms with Gasteiger partial charge in [0.2, 0.25) is 0 Å². The minimum absolute atomic E-state index is 0.132. The van der Waals surface area contributed by atoms with Crippen molar-refractivity contribution in [2.45, 2.75) is 38.0 Å². The number of aliphatic hydroxyl groups is 1. The van der Waals surface area contributed by atoms with Crippen LogP contribution in [0.15, 0.2) is 0 Å². The molecule has 2 nitrogen and oxygen atoms in total. The molecule has 1 saturated carbocycles. The Morgan fingerprint density at radius 1 is 1.20 bits per heavy atom. The maximum Gasteiger partial charge on any atom is 0.110 e. The molecule has 2 saturated heterocycles. The molecule has 0 spiro atoms. The van der Waals surface area contributed by atoms with Crippen LogP contribution >= 0.6 is 0 Å². The fraction of sp³-hybridized carbons (Fsp3) is 1.00. The Hall–Kier alpha value is -0.0800. The monoisotopic (exact) mass is 141 g/mol. The second kappa shape index (κ2) is 2.21. The normalized spacial score (nSPS) is 48.0. The standard InChI is InChI=1S/C8H15NO/c1-9-7-4-2-6(3-5-7)8(9)10/h6-8,10H,2-5H2,1H3. The molecule has 3 aliphatic rings. The van der Waals surface area contributed by atoms with E-state index in [1.165, 1.54) is 25.7 Å². The van der Waals surface area contributed by atoms with Crippen LogP contribution in [-0.2, 0) is 0 Å². The van der Waals surface area contributed by atoms with E-state index in [-0.39, 0.29) is 6.23 Å². The smallest absolute Gasteiger partial charge is 0.110 e. The van der Waals surface area contributed by atoms with Gasteiger partial charge in [-0.3, -0.25) is 4.90 Å². The van der Waals surface area contributed by atoms with Crippen LogP contribution in [0.5, 0.6) is 0 Å². The number of hydrogen-bond donors (Lipinski definition) is 1. The van der Waals surface area contributed by atoms with Crippen molar-refractivity contribution in [2.24, 2.45) is 5.92 Å². The van der Waals surface area contributed by atoms with Crippen LogP contribution in [-0.4, -0.2) is 29.3 Å². The Morgan fingerprint density at radius 3 is 2.10 bits per heavy atom. The minimum Gasteiger partial charge on any atom is -0.378 e. The maximum absolute atomic E-state index is 9.59. The number of piperidine rings is 2. The Morgan fingerprint density at radius 2 is 1.80 bits per heavy atom. The van der Waals surface area contributed by atoms with Gasteiger partial charge in [-0.25, -0.2) is 0 Å². The molecule has 1 N–H and O–H groups in total. The van der Waals surface area contributed by atoms with Gasteiger partial charge in [0.1, 0.15) is 6.23 Å². The SMILES string of the molecule is CN1C2CCC(CC2)C1O. The van der Waals surface area contributed by atoms with Crippen molar-refractivity contribution in [3.8, 4) is 0 Å². The molecule has 2 heteroatoms. The summed E-state index contributed by atoms with van der Waals surface area (Å²) < 4.78 is 0. The van der Waals surface area contributed by atoms with Crippen LogP contribution < -0.4 is 0 Å². The molecule has 0 aromatic heterocycles. The third kappa shape index (κ3) is 0.789. The van der Waals surface area contributed by atoms with Crippen molar-refractivity contribution in [1.29, 1.82) is 0 Å². The third-order valence-corrected chi connectivity index (χ3v) is 3.16. The molecule has 10 heavy (non-hydrogen) atoms. The lowest BCUT2D eigenvalue weighted by Gasteiger charge is -2.47. The summed E-state index contributed by atoms with van der Waals surface area (Å²) >= 11 is 0. The first kappa shape index (κ1) is 6.62. The van der Waals surface area contributed by atoms with Gasteiger partial charge in [-0.15, -0.1) is 0 Å². The topological polar surface area (TPSA) is 23.5 Å². The molecule has 0 aromatic carbocycles. The highest BCUT2D eigenvalue weighted by molar-refractivity contribution is 4.88. The molecule has 1 unspecified atom stereocenters. The van der Waals surface area contributed by atoms with Gasteiger partial charge in [0.15, 0.2) is 0 Å². The van der Waals surface area contributed by atoms with Crippen molar-refractivity contribution in [3.05, 3.63) is 0 Å². The van der Waals surface area contributed by atoms with Crippen molar-refractivity contribution in [1.82, 2.24) is 4.90 Å². The number of aliphatic hydroxyl groups excluding tert-OH is 1. The van der Waals surface area contributed by atoms with E-state index in [0.717, 1.165) is 0 Å². The number of fused-ring (bicyclic) bond motifs is 3. The van der Waals surface area contributed by atoms with Crippen LogP contribution in [0.1, 0.15) is 25.7 Å². The Balaban J connectivity index is 2.13. The van der Waals surface area contributed by atoms with Gasteiger partial charge in [-0.1, -0.05) is 0 Å². The van der Waals surface area contributed by atoms with E-state index in [2.05, 4.69) is 4.90 Å². The zero-order valence-corrected chi connectivity index (χ0v) is 6.45. The Bertz CT molecular complexity index is 109. The predicted molar refractivity (Wildman–Crippen MR) is 39.5 cm³/mol. The molecule has 2 bridgehead atoms. The van der Waals surface area contributed by atoms with Crippen molar-refractivity contribution >= 4 is 0 Å². The summed E-state index contributed by atoms with van der Waals surface area (Å²) in [5.41, 5.74) is 0. The molecule has 0 amide bonds.